The van der Waals surface area contributed by atoms with Crippen molar-refractivity contribution in [2.24, 2.45) is 0 Å². The van der Waals surface area contributed by atoms with Crippen molar-refractivity contribution in [2.75, 3.05) is 11.9 Å². The summed E-state index contributed by atoms with van der Waals surface area (Å²) in [4.78, 5) is 40.4. The van der Waals surface area contributed by atoms with Crippen LogP contribution in [0.25, 0.3) is 5.69 Å². The second kappa shape index (κ2) is 8.47. The minimum absolute atomic E-state index is 0.161. The molecule has 1 aromatic heterocycles. The molecule has 3 aromatic rings. The molecule has 1 aliphatic heterocycles. The molecule has 4 rings (SSSR count). The summed E-state index contributed by atoms with van der Waals surface area (Å²) in [5.74, 6) is -1.06. The number of anilines is 1. The molecule has 0 saturated carbocycles. The monoisotopic (exact) mass is 427 g/mol. The molecule has 32 heavy (non-hydrogen) atoms. The zero-order valence-electron chi connectivity index (χ0n) is 17.7. The lowest BCUT2D eigenvalue weighted by Crippen LogP contribution is -2.48. The highest BCUT2D eigenvalue weighted by atomic mass is 16.2. The second-order valence-corrected chi connectivity index (χ2v) is 7.59. The number of nitriles is 1. The highest BCUT2D eigenvalue weighted by Crippen LogP contribution is 2.25. The van der Waals surface area contributed by atoms with Gasteiger partial charge in [-0.1, -0.05) is 36.4 Å². The van der Waals surface area contributed by atoms with E-state index < -0.39 is 23.1 Å². The number of rotatable bonds is 3. The first-order valence-electron chi connectivity index (χ1n) is 10.2. The topological polar surface area (TPSA) is 108 Å². The van der Waals surface area contributed by atoms with E-state index in [4.69, 9.17) is 0 Å². The lowest BCUT2D eigenvalue weighted by atomic mass is 10.1. The summed E-state index contributed by atoms with van der Waals surface area (Å²) < 4.78 is 1.39. The highest BCUT2D eigenvalue weighted by Gasteiger charge is 2.31. The number of aryl methyl sites for hydroxylation is 1. The van der Waals surface area contributed by atoms with Crippen molar-refractivity contribution >= 4 is 17.5 Å². The van der Waals surface area contributed by atoms with E-state index in [9.17, 15) is 19.6 Å². The fourth-order valence-electron chi connectivity index (χ4n) is 3.90. The van der Waals surface area contributed by atoms with Crippen molar-refractivity contribution < 1.29 is 9.59 Å². The average molecular weight is 427 g/mol. The van der Waals surface area contributed by atoms with Crippen molar-refractivity contribution in [1.29, 1.82) is 5.26 Å². The normalized spacial score (nSPS) is 15.5. The molecule has 8 heteroatoms. The molecule has 0 fully saturated rings. The zero-order valence-corrected chi connectivity index (χ0v) is 17.7. The van der Waals surface area contributed by atoms with E-state index in [1.54, 1.807) is 38.2 Å². The Morgan fingerprint density at radius 1 is 1.12 bits per heavy atom. The fourth-order valence-corrected chi connectivity index (χ4v) is 3.90. The molecule has 0 aliphatic carbocycles. The van der Waals surface area contributed by atoms with E-state index >= 15 is 0 Å². The van der Waals surface area contributed by atoms with Gasteiger partial charge >= 0.3 is 0 Å². The average Bonchev–Trinajstić information content (AvgIpc) is 2.92. The van der Waals surface area contributed by atoms with Gasteiger partial charge in [0.2, 0.25) is 11.3 Å². The Balaban J connectivity index is 1.69. The van der Waals surface area contributed by atoms with E-state index in [2.05, 4.69) is 10.4 Å². The SMILES string of the molecule is Cc1c(C#N)c(=O)c(C(=O)NC2CCc3ccccc3N(C)C2=O)nn1-c1ccccc1. The van der Waals surface area contributed by atoms with Crippen molar-refractivity contribution in [3.05, 3.63) is 87.3 Å². The third kappa shape index (κ3) is 3.65. The quantitative estimate of drug-likeness (QED) is 0.689. The summed E-state index contributed by atoms with van der Waals surface area (Å²) >= 11 is 0. The third-order valence-corrected chi connectivity index (χ3v) is 5.64. The van der Waals surface area contributed by atoms with Gasteiger partial charge in [-0.05, 0) is 43.5 Å². The summed E-state index contributed by atoms with van der Waals surface area (Å²) in [6.07, 6.45) is 0.978. The van der Waals surface area contributed by atoms with Crippen LogP contribution in [0.4, 0.5) is 5.69 Å². The van der Waals surface area contributed by atoms with Crippen molar-refractivity contribution in [1.82, 2.24) is 15.1 Å². The number of fused-ring (bicyclic) bond motifs is 1. The maximum absolute atomic E-state index is 13.1. The van der Waals surface area contributed by atoms with E-state index in [1.807, 2.05) is 36.4 Å². The van der Waals surface area contributed by atoms with Crippen molar-refractivity contribution in [2.45, 2.75) is 25.8 Å². The van der Waals surface area contributed by atoms with E-state index in [-0.39, 0.29) is 11.5 Å². The molecule has 8 nitrogen and oxygen atoms in total. The number of likely N-dealkylation sites (N-methyl/N-ethyl adjacent to an activating group) is 1. The van der Waals surface area contributed by atoms with Crippen LogP contribution in [0, 0.1) is 18.3 Å². The number of benzene rings is 2. The first kappa shape index (κ1) is 21.0. The molecule has 1 N–H and O–H groups in total. The molecule has 2 aromatic carbocycles. The molecule has 2 amide bonds. The zero-order chi connectivity index (χ0) is 22.8. The number of aromatic nitrogens is 2. The summed E-state index contributed by atoms with van der Waals surface area (Å²) in [6.45, 7) is 1.60. The van der Waals surface area contributed by atoms with Gasteiger partial charge in [0.15, 0.2) is 5.69 Å². The molecule has 0 spiro atoms. The molecule has 1 aliphatic rings. The first-order chi connectivity index (χ1) is 15.4. The van der Waals surface area contributed by atoms with Gasteiger partial charge in [-0.15, -0.1) is 0 Å². The number of carbonyl (C=O) groups is 2. The standard InChI is InChI=1S/C24H21N5O3/c1-15-18(14-25)22(30)21(27-29(15)17-9-4-3-5-10-17)23(31)26-19-13-12-16-8-6-7-11-20(16)28(2)24(19)32/h3-11,19H,12-13H2,1-2H3,(H,26,31). The van der Waals surface area contributed by atoms with Gasteiger partial charge in [0.05, 0.1) is 11.4 Å². The van der Waals surface area contributed by atoms with Gasteiger partial charge in [0.25, 0.3) is 5.91 Å². The smallest absolute Gasteiger partial charge is 0.276 e. The minimum Gasteiger partial charge on any atom is -0.339 e. The molecule has 160 valence electrons. The van der Waals surface area contributed by atoms with Crippen LogP contribution in [0.1, 0.15) is 33.7 Å². The Morgan fingerprint density at radius 2 is 1.81 bits per heavy atom. The van der Waals surface area contributed by atoms with Gasteiger partial charge in [-0.25, -0.2) is 4.68 Å². The molecular formula is C24H21N5O3. The minimum atomic E-state index is -0.821. The van der Waals surface area contributed by atoms with E-state index in [1.165, 1.54) is 9.58 Å². The summed E-state index contributed by atoms with van der Waals surface area (Å²) in [5.41, 5.74) is 1.40. The van der Waals surface area contributed by atoms with Crippen LogP contribution in [0.5, 0.6) is 0 Å². The van der Waals surface area contributed by atoms with Gasteiger partial charge in [-0.2, -0.15) is 10.4 Å². The van der Waals surface area contributed by atoms with Gasteiger partial charge in [-0.3, -0.25) is 14.4 Å². The Labute approximate surface area is 184 Å². The number of hydrogen-bond donors (Lipinski definition) is 1. The van der Waals surface area contributed by atoms with E-state index in [0.29, 0.717) is 24.2 Å². The summed E-state index contributed by atoms with van der Waals surface area (Å²) in [7, 11) is 1.66. The summed E-state index contributed by atoms with van der Waals surface area (Å²) in [5, 5.41) is 16.4. The van der Waals surface area contributed by atoms with Crippen LogP contribution in [0.2, 0.25) is 0 Å². The van der Waals surface area contributed by atoms with Crippen molar-refractivity contribution in [3.8, 4) is 11.8 Å². The molecule has 0 bridgehead atoms. The Morgan fingerprint density at radius 3 is 2.53 bits per heavy atom. The van der Waals surface area contributed by atoms with Crippen LogP contribution in [-0.2, 0) is 11.2 Å². The summed E-state index contributed by atoms with van der Waals surface area (Å²) in [6, 6.07) is 17.5. The predicted octanol–water partition coefficient (Wildman–Crippen LogP) is 2.12. The molecule has 0 radical (unpaired) electrons. The largest absolute Gasteiger partial charge is 0.339 e. The van der Waals surface area contributed by atoms with Gasteiger partial charge in [0.1, 0.15) is 17.7 Å². The highest BCUT2D eigenvalue weighted by molar-refractivity contribution is 6.02. The number of carbonyl (C=O) groups excluding carboxylic acids is 2. The number of para-hydroxylation sites is 2. The van der Waals surface area contributed by atoms with Crippen LogP contribution in [0.15, 0.2) is 59.4 Å². The fraction of sp³-hybridized carbons (Fsp3) is 0.208. The molecule has 0 saturated heterocycles. The number of hydrogen-bond acceptors (Lipinski definition) is 5. The molecule has 1 atom stereocenters. The van der Waals surface area contributed by atoms with Gasteiger partial charge < -0.3 is 10.2 Å². The van der Waals surface area contributed by atoms with E-state index in [0.717, 1.165) is 11.3 Å². The molecule has 2 heterocycles. The number of nitrogens with one attached hydrogen (secondary N) is 1. The van der Waals surface area contributed by atoms with Crippen LogP contribution >= 0.6 is 0 Å². The van der Waals surface area contributed by atoms with Crippen molar-refractivity contribution in [3.63, 3.8) is 0 Å². The second-order valence-electron chi connectivity index (χ2n) is 7.59. The lowest BCUT2D eigenvalue weighted by molar-refractivity contribution is -0.120. The molecular weight excluding hydrogens is 406 g/mol. The van der Waals surface area contributed by atoms with Gasteiger partial charge in [0, 0.05) is 12.7 Å². The Kier molecular flexibility index (Phi) is 5.56. The third-order valence-electron chi connectivity index (χ3n) is 5.64. The lowest BCUT2D eigenvalue weighted by Gasteiger charge is -2.22. The number of nitrogens with zero attached hydrogens (tertiary/aromatic N) is 4. The predicted molar refractivity (Wildman–Crippen MR) is 119 cm³/mol. The van der Waals surface area contributed by atoms with Crippen LogP contribution in [0.3, 0.4) is 0 Å². The Hall–Kier alpha value is -4.25. The maximum Gasteiger partial charge on any atom is 0.276 e. The Bertz CT molecular complexity index is 1310. The number of amides is 2. The maximum atomic E-state index is 13.1. The first-order valence-corrected chi connectivity index (χ1v) is 10.2. The van der Waals surface area contributed by atoms with Crippen LogP contribution < -0.4 is 15.6 Å². The van der Waals surface area contributed by atoms with Crippen LogP contribution in [-0.4, -0.2) is 34.7 Å². The molecule has 1 unspecified atom stereocenters.